The molecule has 1 aromatic heterocycles. The van der Waals surface area contributed by atoms with Crippen molar-refractivity contribution < 1.29 is 0 Å². The second-order valence-corrected chi connectivity index (χ2v) is 6.88. The number of benzene rings is 3. The molecule has 0 saturated carbocycles. The molecule has 0 aliphatic carbocycles. The Morgan fingerprint density at radius 3 is 1.68 bits per heavy atom. The Balaban J connectivity index is 1.75. The summed E-state index contributed by atoms with van der Waals surface area (Å²) in [4.78, 5) is 6.62. The Morgan fingerprint density at radius 2 is 1.20 bits per heavy atom. The molecule has 3 nitrogen and oxygen atoms in total. The standard InChI is InChI=1S/C20H14BrN3S/c21-20-22-19(25-23-20)15-11-13-18(14-12-15)24(16-7-3-1-4-8-16)17-9-5-2-6-10-17/h1-14H. The molecular weight excluding hydrogens is 394 g/mol. The lowest BCUT2D eigenvalue weighted by atomic mass is 10.1. The number of hydrogen-bond acceptors (Lipinski definition) is 4. The topological polar surface area (TPSA) is 29.0 Å². The van der Waals surface area contributed by atoms with Crippen molar-refractivity contribution >= 4 is 44.5 Å². The Hall–Kier alpha value is -2.50. The Morgan fingerprint density at radius 1 is 0.680 bits per heavy atom. The van der Waals surface area contributed by atoms with Crippen molar-refractivity contribution in [2.75, 3.05) is 4.90 Å². The minimum absolute atomic E-state index is 0.631. The van der Waals surface area contributed by atoms with Crippen LogP contribution < -0.4 is 4.90 Å². The fraction of sp³-hybridized carbons (Fsp3) is 0. The highest BCUT2D eigenvalue weighted by molar-refractivity contribution is 9.10. The van der Waals surface area contributed by atoms with E-state index in [-0.39, 0.29) is 0 Å². The lowest BCUT2D eigenvalue weighted by Gasteiger charge is -2.25. The van der Waals surface area contributed by atoms with Gasteiger partial charge in [0, 0.05) is 22.6 Å². The van der Waals surface area contributed by atoms with Gasteiger partial charge in [0.25, 0.3) is 0 Å². The summed E-state index contributed by atoms with van der Waals surface area (Å²) in [6, 6.07) is 29.1. The Kier molecular flexibility index (Phi) is 4.59. The van der Waals surface area contributed by atoms with E-state index in [1.807, 2.05) is 12.1 Å². The van der Waals surface area contributed by atoms with Crippen molar-refractivity contribution in [1.82, 2.24) is 9.36 Å². The first-order valence-corrected chi connectivity index (χ1v) is 9.38. The van der Waals surface area contributed by atoms with Crippen molar-refractivity contribution in [3.05, 3.63) is 89.7 Å². The maximum Gasteiger partial charge on any atom is 0.209 e. The monoisotopic (exact) mass is 407 g/mol. The minimum Gasteiger partial charge on any atom is -0.311 e. The smallest absolute Gasteiger partial charge is 0.209 e. The van der Waals surface area contributed by atoms with Gasteiger partial charge in [0.15, 0.2) is 0 Å². The van der Waals surface area contributed by atoms with Gasteiger partial charge in [0.2, 0.25) is 4.73 Å². The molecule has 0 bridgehead atoms. The van der Waals surface area contributed by atoms with E-state index < -0.39 is 0 Å². The van der Waals surface area contributed by atoms with Crippen LogP contribution >= 0.6 is 27.5 Å². The first-order chi connectivity index (χ1) is 12.3. The van der Waals surface area contributed by atoms with Crippen LogP contribution in [0.3, 0.4) is 0 Å². The van der Waals surface area contributed by atoms with Crippen LogP contribution in [0.1, 0.15) is 0 Å². The second-order valence-electron chi connectivity index (χ2n) is 5.42. The fourth-order valence-corrected chi connectivity index (χ4v) is 3.76. The van der Waals surface area contributed by atoms with E-state index >= 15 is 0 Å². The van der Waals surface area contributed by atoms with Crippen LogP contribution in [0.2, 0.25) is 0 Å². The van der Waals surface area contributed by atoms with Gasteiger partial charge in [-0.15, -0.1) is 0 Å². The van der Waals surface area contributed by atoms with E-state index in [2.05, 4.69) is 103 Å². The van der Waals surface area contributed by atoms with Gasteiger partial charge in [0.1, 0.15) is 5.01 Å². The summed E-state index contributed by atoms with van der Waals surface area (Å²) in [7, 11) is 0. The summed E-state index contributed by atoms with van der Waals surface area (Å²) in [6.07, 6.45) is 0. The molecular formula is C20H14BrN3S. The van der Waals surface area contributed by atoms with Gasteiger partial charge >= 0.3 is 0 Å². The zero-order valence-corrected chi connectivity index (χ0v) is 15.6. The Bertz CT molecular complexity index is 914. The predicted octanol–water partition coefficient (Wildman–Crippen LogP) is 6.44. The number of rotatable bonds is 4. The van der Waals surface area contributed by atoms with Crippen LogP contribution in [0.15, 0.2) is 89.7 Å². The van der Waals surface area contributed by atoms with Crippen LogP contribution in [-0.2, 0) is 0 Å². The summed E-state index contributed by atoms with van der Waals surface area (Å²) < 4.78 is 4.81. The quantitative estimate of drug-likeness (QED) is 0.389. The zero-order chi connectivity index (χ0) is 17.1. The maximum atomic E-state index is 4.38. The molecule has 25 heavy (non-hydrogen) atoms. The highest BCUT2D eigenvalue weighted by Gasteiger charge is 2.12. The number of hydrogen-bond donors (Lipinski definition) is 0. The highest BCUT2D eigenvalue weighted by atomic mass is 79.9. The SMILES string of the molecule is Brc1nsc(-c2ccc(N(c3ccccc3)c3ccccc3)cc2)n1. The number of anilines is 3. The highest BCUT2D eigenvalue weighted by Crippen LogP contribution is 2.35. The molecule has 0 aliphatic heterocycles. The minimum atomic E-state index is 0.631. The molecule has 122 valence electrons. The van der Waals surface area contributed by atoms with E-state index in [1.54, 1.807) is 0 Å². The van der Waals surface area contributed by atoms with E-state index in [0.717, 1.165) is 27.6 Å². The average Bonchev–Trinajstić information content (AvgIpc) is 3.11. The number of halogens is 1. The van der Waals surface area contributed by atoms with Gasteiger partial charge in [-0.2, -0.15) is 4.37 Å². The molecule has 4 aromatic rings. The molecule has 3 aromatic carbocycles. The number of para-hydroxylation sites is 2. The van der Waals surface area contributed by atoms with Gasteiger partial charge in [-0.25, -0.2) is 4.98 Å². The molecule has 1 heterocycles. The van der Waals surface area contributed by atoms with Crippen LogP contribution in [0.4, 0.5) is 17.1 Å². The molecule has 0 radical (unpaired) electrons. The first-order valence-electron chi connectivity index (χ1n) is 7.81. The third-order valence-corrected chi connectivity index (χ3v) is 5.16. The van der Waals surface area contributed by atoms with Crippen LogP contribution in [-0.4, -0.2) is 9.36 Å². The molecule has 0 saturated heterocycles. The fourth-order valence-electron chi connectivity index (χ4n) is 2.68. The summed E-state index contributed by atoms with van der Waals surface area (Å²) in [5, 5.41) is 0.907. The average molecular weight is 408 g/mol. The van der Waals surface area contributed by atoms with Crippen molar-refractivity contribution in [3.63, 3.8) is 0 Å². The zero-order valence-electron chi connectivity index (χ0n) is 13.2. The molecule has 0 atom stereocenters. The van der Waals surface area contributed by atoms with E-state index in [9.17, 15) is 0 Å². The van der Waals surface area contributed by atoms with Crippen LogP contribution in [0.25, 0.3) is 10.6 Å². The van der Waals surface area contributed by atoms with Gasteiger partial charge in [0.05, 0.1) is 0 Å². The van der Waals surface area contributed by atoms with E-state index in [0.29, 0.717) is 4.73 Å². The van der Waals surface area contributed by atoms with Gasteiger partial charge in [-0.05, 0) is 76.0 Å². The van der Waals surface area contributed by atoms with Crippen molar-refractivity contribution in [2.24, 2.45) is 0 Å². The normalized spacial score (nSPS) is 10.6. The summed E-state index contributed by atoms with van der Waals surface area (Å²) in [5.41, 5.74) is 4.41. The lowest BCUT2D eigenvalue weighted by Crippen LogP contribution is -2.09. The summed E-state index contributed by atoms with van der Waals surface area (Å²) >= 11 is 4.70. The van der Waals surface area contributed by atoms with E-state index in [1.165, 1.54) is 11.5 Å². The third-order valence-electron chi connectivity index (χ3n) is 3.80. The van der Waals surface area contributed by atoms with Crippen LogP contribution in [0.5, 0.6) is 0 Å². The third kappa shape index (κ3) is 3.48. The van der Waals surface area contributed by atoms with Gasteiger partial charge < -0.3 is 4.90 Å². The van der Waals surface area contributed by atoms with Gasteiger partial charge in [-0.1, -0.05) is 36.4 Å². The van der Waals surface area contributed by atoms with Crippen molar-refractivity contribution in [3.8, 4) is 10.6 Å². The Labute approximate surface area is 158 Å². The molecule has 4 rings (SSSR count). The molecule has 0 aliphatic rings. The molecule has 0 fully saturated rings. The molecule has 0 N–H and O–H groups in total. The molecule has 0 amide bonds. The molecule has 0 unspecified atom stereocenters. The number of aromatic nitrogens is 2. The predicted molar refractivity (Wildman–Crippen MR) is 108 cm³/mol. The first kappa shape index (κ1) is 16.0. The van der Waals surface area contributed by atoms with Crippen molar-refractivity contribution in [1.29, 1.82) is 0 Å². The summed E-state index contributed by atoms with van der Waals surface area (Å²) in [6.45, 7) is 0. The van der Waals surface area contributed by atoms with Crippen molar-refractivity contribution in [2.45, 2.75) is 0 Å². The number of nitrogens with zero attached hydrogens (tertiary/aromatic N) is 3. The maximum absolute atomic E-state index is 4.38. The lowest BCUT2D eigenvalue weighted by molar-refractivity contribution is 1.25. The largest absolute Gasteiger partial charge is 0.311 e. The van der Waals surface area contributed by atoms with E-state index in [4.69, 9.17) is 0 Å². The molecule has 5 heteroatoms. The van der Waals surface area contributed by atoms with Crippen LogP contribution in [0, 0.1) is 0 Å². The summed E-state index contributed by atoms with van der Waals surface area (Å²) in [5.74, 6) is 0. The molecule has 0 spiro atoms. The second kappa shape index (κ2) is 7.17. The van der Waals surface area contributed by atoms with Gasteiger partial charge in [-0.3, -0.25) is 0 Å².